The van der Waals surface area contributed by atoms with Crippen LogP contribution in [0.1, 0.15) is 28.0 Å². The number of carbonyl (C=O) groups is 2. The summed E-state index contributed by atoms with van der Waals surface area (Å²) >= 11 is 1.24. The second-order valence-corrected chi connectivity index (χ2v) is 7.54. The van der Waals surface area contributed by atoms with Crippen LogP contribution >= 0.6 is 11.3 Å². The molecule has 1 atom stereocenters. The lowest BCUT2D eigenvalue weighted by Crippen LogP contribution is -2.37. The van der Waals surface area contributed by atoms with Crippen molar-refractivity contribution in [2.45, 2.75) is 26.2 Å². The van der Waals surface area contributed by atoms with Gasteiger partial charge in [-0.05, 0) is 36.8 Å². The molecule has 1 amide bonds. The molecule has 8 heteroatoms. The number of hydrogen-bond acceptors (Lipinski definition) is 6. The number of esters is 1. The van der Waals surface area contributed by atoms with E-state index in [2.05, 4.69) is 4.98 Å². The van der Waals surface area contributed by atoms with E-state index in [1.165, 1.54) is 47.4 Å². The third-order valence-corrected chi connectivity index (χ3v) is 5.03. The minimum atomic E-state index is -0.938. The van der Waals surface area contributed by atoms with Crippen molar-refractivity contribution >= 4 is 23.2 Å². The van der Waals surface area contributed by atoms with Crippen LogP contribution in [0.15, 0.2) is 60.0 Å². The molecule has 6 nitrogen and oxygen atoms in total. The lowest BCUT2D eigenvalue weighted by atomic mass is 10.2. The van der Waals surface area contributed by atoms with Gasteiger partial charge in [-0.1, -0.05) is 30.3 Å². The van der Waals surface area contributed by atoms with Gasteiger partial charge < -0.3 is 14.4 Å². The maximum atomic E-state index is 12.9. The normalized spacial score (nSPS) is 11.6. The SMILES string of the molecule is C[C@H](OC(=O)c1csc(COc2ccc(F)cc2)n1)C(=O)N(C)Cc1ccccc1. The van der Waals surface area contributed by atoms with E-state index in [1.54, 1.807) is 12.4 Å². The Kier molecular flexibility index (Phi) is 7.13. The smallest absolute Gasteiger partial charge is 0.358 e. The molecule has 0 aliphatic rings. The number of ether oxygens (including phenoxy) is 2. The summed E-state index contributed by atoms with van der Waals surface area (Å²) < 4.78 is 23.7. The first kappa shape index (κ1) is 21.4. The first-order chi connectivity index (χ1) is 14.4. The van der Waals surface area contributed by atoms with Gasteiger partial charge in [-0.3, -0.25) is 4.79 Å². The van der Waals surface area contributed by atoms with Crippen molar-refractivity contribution in [1.29, 1.82) is 0 Å². The Morgan fingerprint density at radius 1 is 1.13 bits per heavy atom. The molecule has 3 rings (SSSR count). The molecule has 30 heavy (non-hydrogen) atoms. The topological polar surface area (TPSA) is 68.7 Å². The molecule has 3 aromatic rings. The highest BCUT2D eigenvalue weighted by atomic mass is 32.1. The number of amides is 1. The number of rotatable bonds is 8. The fraction of sp³-hybridized carbons (Fsp3) is 0.227. The number of carbonyl (C=O) groups excluding carboxylic acids is 2. The van der Waals surface area contributed by atoms with Gasteiger partial charge in [0.2, 0.25) is 0 Å². The van der Waals surface area contributed by atoms with Crippen molar-refractivity contribution in [2.75, 3.05) is 7.05 Å². The minimum absolute atomic E-state index is 0.114. The maximum absolute atomic E-state index is 12.9. The van der Waals surface area contributed by atoms with Crippen LogP contribution in [0.25, 0.3) is 0 Å². The first-order valence-corrected chi connectivity index (χ1v) is 10.1. The fourth-order valence-electron chi connectivity index (χ4n) is 2.66. The standard InChI is InChI=1S/C22H21FN2O4S/c1-15(21(26)25(2)12-16-6-4-3-5-7-16)29-22(27)19-14-30-20(24-19)13-28-18-10-8-17(23)9-11-18/h3-11,14-15H,12-13H2,1-2H3/t15-/m0/s1. The molecule has 0 saturated carbocycles. The third-order valence-electron chi connectivity index (χ3n) is 4.21. The number of thiazole rings is 1. The molecule has 0 N–H and O–H groups in total. The van der Waals surface area contributed by atoms with Crippen LogP contribution in [0.3, 0.4) is 0 Å². The summed E-state index contributed by atoms with van der Waals surface area (Å²) in [6.45, 7) is 2.09. The Hall–Kier alpha value is -3.26. The molecular formula is C22H21FN2O4S. The lowest BCUT2D eigenvalue weighted by Gasteiger charge is -2.21. The summed E-state index contributed by atoms with van der Waals surface area (Å²) in [7, 11) is 1.66. The van der Waals surface area contributed by atoms with Gasteiger partial charge in [-0.2, -0.15) is 0 Å². The third kappa shape index (κ3) is 5.87. The van der Waals surface area contributed by atoms with Crippen molar-refractivity contribution in [3.8, 4) is 5.75 Å². The molecule has 0 fully saturated rings. The zero-order valence-corrected chi connectivity index (χ0v) is 17.4. The predicted molar refractivity (Wildman–Crippen MR) is 111 cm³/mol. The number of benzene rings is 2. The van der Waals surface area contributed by atoms with Gasteiger partial charge in [0.25, 0.3) is 5.91 Å². The fourth-order valence-corrected chi connectivity index (χ4v) is 3.34. The van der Waals surface area contributed by atoms with Crippen LogP contribution in [-0.2, 0) is 22.7 Å². The van der Waals surface area contributed by atoms with Gasteiger partial charge in [0.05, 0.1) is 0 Å². The van der Waals surface area contributed by atoms with Crippen molar-refractivity contribution in [3.05, 3.63) is 82.1 Å². The van der Waals surface area contributed by atoms with E-state index in [4.69, 9.17) is 9.47 Å². The molecule has 1 aromatic heterocycles. The van der Waals surface area contributed by atoms with Gasteiger partial charge >= 0.3 is 5.97 Å². The Bertz CT molecular complexity index is 992. The Morgan fingerprint density at radius 2 is 1.83 bits per heavy atom. The van der Waals surface area contributed by atoms with E-state index in [0.717, 1.165) is 5.56 Å². The van der Waals surface area contributed by atoms with Crippen LogP contribution in [0, 0.1) is 5.82 Å². The maximum Gasteiger partial charge on any atom is 0.358 e. The van der Waals surface area contributed by atoms with Crippen LogP contribution in [0.5, 0.6) is 5.75 Å². The summed E-state index contributed by atoms with van der Waals surface area (Å²) in [6.07, 6.45) is -0.938. The lowest BCUT2D eigenvalue weighted by molar-refractivity contribution is -0.139. The quantitative estimate of drug-likeness (QED) is 0.506. The molecule has 0 bridgehead atoms. The largest absolute Gasteiger partial charge is 0.486 e. The van der Waals surface area contributed by atoms with Gasteiger partial charge in [0.15, 0.2) is 11.8 Å². The zero-order chi connectivity index (χ0) is 21.5. The highest BCUT2D eigenvalue weighted by Crippen LogP contribution is 2.17. The summed E-state index contributed by atoms with van der Waals surface area (Å²) in [6, 6.07) is 15.2. The molecule has 0 saturated heterocycles. The average Bonchev–Trinajstić information content (AvgIpc) is 3.22. The van der Waals surface area contributed by atoms with Crippen LogP contribution in [0.2, 0.25) is 0 Å². The van der Waals surface area contributed by atoms with Crippen LogP contribution in [0.4, 0.5) is 4.39 Å². The van der Waals surface area contributed by atoms with E-state index in [9.17, 15) is 14.0 Å². The van der Waals surface area contributed by atoms with E-state index in [-0.39, 0.29) is 24.0 Å². The molecule has 0 aliphatic heterocycles. The number of hydrogen-bond donors (Lipinski definition) is 0. The molecule has 156 valence electrons. The van der Waals surface area contributed by atoms with Crippen LogP contribution < -0.4 is 4.74 Å². The van der Waals surface area contributed by atoms with Gasteiger partial charge in [0, 0.05) is 19.0 Å². The van der Waals surface area contributed by atoms with Crippen molar-refractivity contribution in [1.82, 2.24) is 9.88 Å². The minimum Gasteiger partial charge on any atom is -0.486 e. The predicted octanol–water partition coefficient (Wildman–Crippen LogP) is 4.07. The van der Waals surface area contributed by atoms with Crippen molar-refractivity contribution in [2.24, 2.45) is 0 Å². The molecule has 0 unspecified atom stereocenters. The second-order valence-electron chi connectivity index (χ2n) is 6.60. The van der Waals surface area contributed by atoms with E-state index in [0.29, 0.717) is 17.3 Å². The second kappa shape index (κ2) is 9.98. The zero-order valence-electron chi connectivity index (χ0n) is 16.6. The van der Waals surface area contributed by atoms with Crippen molar-refractivity contribution < 1.29 is 23.5 Å². The van der Waals surface area contributed by atoms with E-state index >= 15 is 0 Å². The monoisotopic (exact) mass is 428 g/mol. The summed E-state index contributed by atoms with van der Waals surface area (Å²) in [4.78, 5) is 30.5. The van der Waals surface area contributed by atoms with E-state index in [1.807, 2.05) is 30.3 Å². The van der Waals surface area contributed by atoms with Gasteiger partial charge in [-0.15, -0.1) is 11.3 Å². The molecule has 0 aliphatic carbocycles. The summed E-state index contributed by atoms with van der Waals surface area (Å²) in [5, 5.41) is 2.11. The Morgan fingerprint density at radius 3 is 2.53 bits per heavy atom. The first-order valence-electron chi connectivity index (χ1n) is 9.25. The molecule has 2 aromatic carbocycles. The number of aromatic nitrogens is 1. The van der Waals surface area contributed by atoms with Crippen molar-refractivity contribution in [3.63, 3.8) is 0 Å². The highest BCUT2D eigenvalue weighted by Gasteiger charge is 2.23. The highest BCUT2D eigenvalue weighted by molar-refractivity contribution is 7.09. The number of halogens is 1. The van der Waals surface area contributed by atoms with Gasteiger partial charge in [-0.25, -0.2) is 14.2 Å². The van der Waals surface area contributed by atoms with Gasteiger partial charge in [0.1, 0.15) is 23.2 Å². The van der Waals surface area contributed by atoms with Crippen LogP contribution in [-0.4, -0.2) is 34.9 Å². The molecule has 0 radical (unpaired) electrons. The molecule has 1 heterocycles. The number of nitrogens with zero attached hydrogens (tertiary/aromatic N) is 2. The number of likely N-dealkylation sites (N-methyl/N-ethyl adjacent to an activating group) is 1. The van der Waals surface area contributed by atoms with E-state index < -0.39 is 12.1 Å². The summed E-state index contributed by atoms with van der Waals surface area (Å²) in [5.74, 6) is -0.827. The Labute approximate surface area is 177 Å². The Balaban J connectivity index is 1.51. The summed E-state index contributed by atoms with van der Waals surface area (Å²) in [5.41, 5.74) is 1.10. The molecule has 0 spiro atoms. The average molecular weight is 428 g/mol. The molecular weight excluding hydrogens is 407 g/mol.